The van der Waals surface area contributed by atoms with Crippen molar-refractivity contribution in [2.75, 3.05) is 10.6 Å². The summed E-state index contributed by atoms with van der Waals surface area (Å²) in [5, 5.41) is 7.14. The van der Waals surface area contributed by atoms with E-state index in [4.69, 9.17) is 23.2 Å². The molecule has 0 radical (unpaired) electrons. The molecule has 32 heavy (non-hydrogen) atoms. The van der Waals surface area contributed by atoms with Gasteiger partial charge < -0.3 is 10.6 Å². The molecular formula is C26H28Cl2N2O2. The quantitative estimate of drug-likeness (QED) is 0.487. The number of halogens is 2. The Morgan fingerprint density at radius 3 is 1.91 bits per heavy atom. The molecule has 2 N–H and O–H groups in total. The predicted octanol–water partition coefficient (Wildman–Crippen LogP) is 6.79. The van der Waals surface area contributed by atoms with E-state index in [1.807, 2.05) is 36.4 Å². The van der Waals surface area contributed by atoms with Crippen LogP contribution in [0, 0.1) is 29.1 Å². The molecule has 4 aliphatic carbocycles. The third-order valence-electron chi connectivity index (χ3n) is 7.85. The fourth-order valence-electron chi connectivity index (χ4n) is 6.92. The first kappa shape index (κ1) is 21.8. The van der Waals surface area contributed by atoms with Gasteiger partial charge >= 0.3 is 0 Å². The number of hydrogen-bond acceptors (Lipinski definition) is 2. The minimum absolute atomic E-state index is 0.0427. The minimum Gasteiger partial charge on any atom is -0.325 e. The van der Waals surface area contributed by atoms with Gasteiger partial charge in [0.1, 0.15) is 0 Å². The number of hydrogen-bond donors (Lipinski definition) is 2. The van der Waals surface area contributed by atoms with Gasteiger partial charge in [0.2, 0.25) is 11.8 Å². The van der Waals surface area contributed by atoms with Gasteiger partial charge in [0.05, 0.1) is 21.4 Å². The molecule has 0 aliphatic heterocycles. The molecule has 4 saturated carbocycles. The molecule has 0 heterocycles. The Morgan fingerprint density at radius 1 is 0.812 bits per heavy atom. The molecule has 0 spiro atoms. The summed E-state index contributed by atoms with van der Waals surface area (Å²) in [6.45, 7) is 0. The van der Waals surface area contributed by atoms with Crippen LogP contribution in [0.3, 0.4) is 0 Å². The summed E-state index contributed by atoms with van der Waals surface area (Å²) in [6.07, 6.45) is 6.67. The molecule has 0 aromatic heterocycles. The molecule has 6 heteroatoms. The van der Waals surface area contributed by atoms with Gasteiger partial charge in [0.25, 0.3) is 0 Å². The predicted molar refractivity (Wildman–Crippen MR) is 129 cm³/mol. The highest BCUT2D eigenvalue weighted by molar-refractivity contribution is 6.34. The molecule has 2 aromatic rings. The molecule has 4 aliphatic rings. The van der Waals surface area contributed by atoms with Crippen LogP contribution in [0.5, 0.6) is 0 Å². The van der Waals surface area contributed by atoms with E-state index in [0.717, 1.165) is 19.3 Å². The Morgan fingerprint density at radius 2 is 1.34 bits per heavy atom. The molecule has 0 saturated heterocycles. The molecule has 6 rings (SSSR count). The zero-order valence-electron chi connectivity index (χ0n) is 18.0. The normalized spacial score (nSPS) is 30.2. The summed E-state index contributed by atoms with van der Waals surface area (Å²) in [5.41, 5.74) is 1.42. The van der Waals surface area contributed by atoms with Crippen molar-refractivity contribution in [1.82, 2.24) is 0 Å². The topological polar surface area (TPSA) is 58.2 Å². The van der Waals surface area contributed by atoms with Gasteiger partial charge in [0.15, 0.2) is 0 Å². The number of carbonyl (C=O) groups excluding carboxylic acids is 2. The Bertz CT molecular complexity index is 1020. The molecule has 2 atom stereocenters. The van der Waals surface area contributed by atoms with E-state index in [1.54, 1.807) is 12.1 Å². The molecule has 4 fully saturated rings. The minimum atomic E-state index is 0.0427. The lowest BCUT2D eigenvalue weighted by Gasteiger charge is -2.60. The average Bonchev–Trinajstić information content (AvgIpc) is 2.73. The first-order valence-electron chi connectivity index (χ1n) is 11.5. The van der Waals surface area contributed by atoms with Crippen LogP contribution in [-0.2, 0) is 9.59 Å². The number of para-hydroxylation sites is 2. The first-order chi connectivity index (χ1) is 15.4. The maximum Gasteiger partial charge on any atom is 0.224 e. The Kier molecular flexibility index (Phi) is 5.94. The highest BCUT2D eigenvalue weighted by atomic mass is 35.5. The van der Waals surface area contributed by atoms with Gasteiger partial charge in [-0.3, -0.25) is 9.59 Å². The molecule has 4 nitrogen and oxygen atoms in total. The number of amides is 2. The number of benzene rings is 2. The lowest BCUT2D eigenvalue weighted by Crippen LogP contribution is -2.52. The molecular weight excluding hydrogens is 443 g/mol. The van der Waals surface area contributed by atoms with Crippen molar-refractivity contribution in [2.24, 2.45) is 29.1 Å². The summed E-state index contributed by atoms with van der Waals surface area (Å²) in [6, 6.07) is 14.7. The van der Waals surface area contributed by atoms with E-state index in [-0.39, 0.29) is 17.2 Å². The SMILES string of the molecule is O=C(CC1C2CC3CC1CC(CC(=O)Nc1ccccc1Cl)(C3)C2)Nc1ccccc1Cl. The molecule has 4 bridgehead atoms. The van der Waals surface area contributed by atoms with Gasteiger partial charge in [-0.1, -0.05) is 47.5 Å². The second-order valence-corrected chi connectivity index (χ2v) is 10.9. The zero-order valence-corrected chi connectivity index (χ0v) is 19.5. The van der Waals surface area contributed by atoms with Crippen molar-refractivity contribution in [3.8, 4) is 0 Å². The van der Waals surface area contributed by atoms with Crippen LogP contribution in [0.2, 0.25) is 10.0 Å². The van der Waals surface area contributed by atoms with Crippen molar-refractivity contribution >= 4 is 46.4 Å². The maximum absolute atomic E-state index is 12.9. The third kappa shape index (κ3) is 4.40. The Hall–Kier alpha value is -2.04. The van der Waals surface area contributed by atoms with Crippen molar-refractivity contribution in [3.05, 3.63) is 58.6 Å². The number of carbonyl (C=O) groups is 2. The van der Waals surface area contributed by atoms with Crippen LogP contribution >= 0.6 is 23.2 Å². The summed E-state index contributed by atoms with van der Waals surface area (Å²) < 4.78 is 0. The molecule has 168 valence electrons. The summed E-state index contributed by atoms with van der Waals surface area (Å²) in [5.74, 6) is 2.21. The smallest absolute Gasteiger partial charge is 0.224 e. The van der Waals surface area contributed by atoms with E-state index < -0.39 is 0 Å². The zero-order chi connectivity index (χ0) is 22.3. The van der Waals surface area contributed by atoms with Crippen molar-refractivity contribution < 1.29 is 9.59 Å². The number of rotatable bonds is 6. The van der Waals surface area contributed by atoms with Crippen LogP contribution in [0.25, 0.3) is 0 Å². The van der Waals surface area contributed by atoms with Crippen LogP contribution in [-0.4, -0.2) is 11.8 Å². The van der Waals surface area contributed by atoms with E-state index in [1.165, 1.54) is 12.8 Å². The first-order valence-corrected chi connectivity index (χ1v) is 12.3. The Balaban J connectivity index is 1.23. The number of nitrogens with one attached hydrogen (secondary N) is 2. The largest absolute Gasteiger partial charge is 0.325 e. The fraction of sp³-hybridized carbons (Fsp3) is 0.462. The van der Waals surface area contributed by atoms with Crippen molar-refractivity contribution in [1.29, 1.82) is 0 Å². The van der Waals surface area contributed by atoms with Crippen LogP contribution in [0.4, 0.5) is 11.4 Å². The monoisotopic (exact) mass is 470 g/mol. The fourth-order valence-corrected chi connectivity index (χ4v) is 7.29. The molecule has 2 unspecified atom stereocenters. The second kappa shape index (κ2) is 8.72. The van der Waals surface area contributed by atoms with Gasteiger partial charge in [-0.05, 0) is 85.5 Å². The van der Waals surface area contributed by atoms with Crippen molar-refractivity contribution in [2.45, 2.75) is 44.9 Å². The molecule has 2 aromatic carbocycles. The average molecular weight is 471 g/mol. The highest BCUT2D eigenvalue weighted by Gasteiger charge is 2.55. The highest BCUT2D eigenvalue weighted by Crippen LogP contribution is 2.64. The van der Waals surface area contributed by atoms with Crippen LogP contribution in [0.1, 0.15) is 44.9 Å². The summed E-state index contributed by atoms with van der Waals surface area (Å²) in [4.78, 5) is 25.7. The lowest BCUT2D eigenvalue weighted by atomic mass is 9.45. The maximum atomic E-state index is 12.9. The molecule has 2 amide bonds. The van der Waals surface area contributed by atoms with E-state index in [2.05, 4.69) is 10.6 Å². The summed E-state index contributed by atoms with van der Waals surface area (Å²) >= 11 is 12.4. The van der Waals surface area contributed by atoms with E-state index in [9.17, 15) is 9.59 Å². The van der Waals surface area contributed by atoms with E-state index >= 15 is 0 Å². The van der Waals surface area contributed by atoms with Gasteiger partial charge in [-0.2, -0.15) is 0 Å². The van der Waals surface area contributed by atoms with Crippen LogP contribution < -0.4 is 10.6 Å². The van der Waals surface area contributed by atoms with Crippen molar-refractivity contribution in [3.63, 3.8) is 0 Å². The van der Waals surface area contributed by atoms with Crippen LogP contribution in [0.15, 0.2) is 48.5 Å². The second-order valence-electron chi connectivity index (χ2n) is 10.1. The summed E-state index contributed by atoms with van der Waals surface area (Å²) in [7, 11) is 0. The van der Waals surface area contributed by atoms with E-state index in [0.29, 0.717) is 57.9 Å². The standard InChI is InChI=1S/C26H28Cl2N2O2/c27-20-5-1-3-7-22(20)29-24(31)11-19-17-9-16-10-18(19)14-26(12-16,13-17)15-25(32)30-23-8-4-2-6-21(23)28/h1-8,16-19H,9-15H2,(H,29,31)(H,30,32). The third-order valence-corrected chi connectivity index (χ3v) is 8.51. The van der Waals surface area contributed by atoms with Gasteiger partial charge in [-0.15, -0.1) is 0 Å². The number of anilines is 2. The lowest BCUT2D eigenvalue weighted by molar-refractivity contribution is -0.136. The van der Waals surface area contributed by atoms with Gasteiger partial charge in [0, 0.05) is 12.8 Å². The Labute approximate surface area is 199 Å². The van der Waals surface area contributed by atoms with Gasteiger partial charge in [-0.25, -0.2) is 0 Å².